The minimum Gasteiger partial charge on any atom is -0.481 e. The van der Waals surface area contributed by atoms with Crippen LogP contribution in [0.3, 0.4) is 0 Å². The van der Waals surface area contributed by atoms with Crippen molar-refractivity contribution in [3.05, 3.63) is 12.2 Å². The van der Waals surface area contributed by atoms with Crippen molar-refractivity contribution in [2.45, 2.75) is 26.2 Å². The van der Waals surface area contributed by atoms with Gasteiger partial charge in [0.25, 0.3) is 0 Å². The molecule has 0 aliphatic heterocycles. The Morgan fingerprint density at radius 1 is 0.460 bits per heavy atom. The van der Waals surface area contributed by atoms with Crippen molar-refractivity contribution in [2.24, 2.45) is 0 Å². The van der Waals surface area contributed by atoms with E-state index in [1.807, 2.05) is 0 Å². The summed E-state index contributed by atoms with van der Waals surface area (Å²) in [5.74, 6) is -1.68. The number of carbonyl (C=O) groups excluding carboxylic acids is 2. The van der Waals surface area contributed by atoms with E-state index in [-0.39, 0.29) is 25.4 Å². The zero-order valence-corrected chi connectivity index (χ0v) is 29.9. The highest BCUT2D eigenvalue weighted by Gasteiger charge is 2.04. The fourth-order valence-corrected chi connectivity index (χ4v) is 3.33. The average molecular weight is 728 g/mol. The molecule has 50 heavy (non-hydrogen) atoms. The van der Waals surface area contributed by atoms with Crippen molar-refractivity contribution < 1.29 is 76.3 Å². The lowest BCUT2D eigenvalue weighted by molar-refractivity contribution is -0.140. The number of ether oxygens (including phenoxy) is 12. The van der Waals surface area contributed by atoms with Crippen LogP contribution in [0.4, 0.5) is 0 Å². The third-order valence-electron chi connectivity index (χ3n) is 5.88. The maximum Gasteiger partial charge on any atom is 0.333 e. The summed E-state index contributed by atoms with van der Waals surface area (Å²) in [5, 5.41) is 11.2. The Hall–Kier alpha value is -2.29. The Morgan fingerprint density at radius 3 is 1.02 bits per heavy atom. The van der Waals surface area contributed by atoms with Gasteiger partial charge in [0.1, 0.15) is 6.61 Å². The van der Waals surface area contributed by atoms with Gasteiger partial charge in [-0.25, -0.2) is 4.79 Å². The van der Waals surface area contributed by atoms with Crippen molar-refractivity contribution in [1.82, 2.24) is 5.32 Å². The van der Waals surface area contributed by atoms with Crippen molar-refractivity contribution in [1.29, 1.82) is 0 Å². The second-order valence-electron chi connectivity index (χ2n) is 10.2. The van der Waals surface area contributed by atoms with E-state index in [1.54, 1.807) is 6.92 Å². The average Bonchev–Trinajstić information content (AvgIpc) is 3.10. The van der Waals surface area contributed by atoms with Gasteiger partial charge >= 0.3 is 11.9 Å². The van der Waals surface area contributed by atoms with Crippen molar-refractivity contribution >= 4 is 17.8 Å². The number of hydrogen-bond acceptors (Lipinski definition) is 15. The largest absolute Gasteiger partial charge is 0.481 e. The van der Waals surface area contributed by atoms with Gasteiger partial charge in [0, 0.05) is 25.1 Å². The second-order valence-corrected chi connectivity index (χ2v) is 10.2. The Bertz CT molecular complexity index is 804. The van der Waals surface area contributed by atoms with Crippen LogP contribution >= 0.6 is 0 Å². The summed E-state index contributed by atoms with van der Waals surface area (Å²) >= 11 is 0. The van der Waals surface area contributed by atoms with Gasteiger partial charge in [0.2, 0.25) is 5.91 Å². The van der Waals surface area contributed by atoms with Gasteiger partial charge in [0.15, 0.2) is 0 Å². The monoisotopic (exact) mass is 727 g/mol. The molecule has 0 unspecified atom stereocenters. The molecule has 0 aromatic rings. The Balaban J connectivity index is 3.11. The first-order valence-corrected chi connectivity index (χ1v) is 17.1. The normalized spacial score (nSPS) is 11.1. The second kappa shape index (κ2) is 39.5. The first kappa shape index (κ1) is 47.7. The fraction of sp³-hybridized carbons (Fsp3) is 0.848. The molecule has 0 atom stereocenters. The number of carbonyl (C=O) groups is 3. The quantitative estimate of drug-likeness (QED) is 0.0506. The molecular weight excluding hydrogens is 666 g/mol. The highest BCUT2D eigenvalue weighted by atomic mass is 16.6. The molecule has 0 aromatic heterocycles. The molecule has 2 N–H and O–H groups in total. The molecule has 0 fully saturated rings. The SMILES string of the molecule is C=C(C)C(=O)OCCOCCOCCOCCOCCOCCOCCOCCOCCOCCOCCOCCCNC(=O)CCC(=O)O. The van der Waals surface area contributed by atoms with Crippen LogP contribution in [0.15, 0.2) is 12.2 Å². The van der Waals surface area contributed by atoms with E-state index in [0.29, 0.717) is 164 Å². The maximum atomic E-state index is 11.4. The minimum absolute atomic E-state index is 0.0142. The molecule has 0 aliphatic carbocycles. The predicted octanol–water partition coefficient (Wildman–Crippen LogP) is 0.659. The molecule has 0 bridgehead atoms. The minimum atomic E-state index is -0.986. The summed E-state index contributed by atoms with van der Waals surface area (Å²) in [5.41, 5.74) is 0.363. The van der Waals surface area contributed by atoms with Gasteiger partial charge in [-0.1, -0.05) is 6.58 Å². The molecule has 0 radical (unpaired) electrons. The van der Waals surface area contributed by atoms with E-state index in [1.165, 1.54) is 0 Å². The third kappa shape index (κ3) is 40.1. The fourth-order valence-electron chi connectivity index (χ4n) is 3.33. The summed E-state index contributed by atoms with van der Waals surface area (Å²) in [7, 11) is 0. The van der Waals surface area contributed by atoms with Crippen molar-refractivity contribution in [3.63, 3.8) is 0 Å². The number of carboxylic acid groups (broad SMARTS) is 1. The number of amides is 1. The smallest absolute Gasteiger partial charge is 0.333 e. The molecule has 0 saturated heterocycles. The van der Waals surface area contributed by atoms with E-state index in [9.17, 15) is 14.4 Å². The number of aliphatic carboxylic acids is 1. The maximum absolute atomic E-state index is 11.4. The zero-order chi connectivity index (χ0) is 36.6. The summed E-state index contributed by atoms with van der Waals surface area (Å²) < 4.78 is 64.6. The van der Waals surface area contributed by atoms with Gasteiger partial charge in [-0.05, 0) is 13.3 Å². The highest BCUT2D eigenvalue weighted by molar-refractivity contribution is 5.86. The van der Waals surface area contributed by atoms with Gasteiger partial charge in [-0.2, -0.15) is 0 Å². The number of carboxylic acids is 1. The lowest BCUT2D eigenvalue weighted by atomic mass is 10.3. The molecule has 0 rings (SSSR count). The van der Waals surface area contributed by atoms with Crippen LogP contribution in [0.1, 0.15) is 26.2 Å². The van der Waals surface area contributed by atoms with Crippen molar-refractivity contribution in [2.75, 3.05) is 159 Å². The first-order valence-electron chi connectivity index (χ1n) is 17.1. The lowest BCUT2D eigenvalue weighted by Gasteiger charge is -2.09. The highest BCUT2D eigenvalue weighted by Crippen LogP contribution is 1.92. The van der Waals surface area contributed by atoms with Crippen LogP contribution in [-0.2, 0) is 71.2 Å². The topological polar surface area (TPSA) is 194 Å². The van der Waals surface area contributed by atoms with Crippen LogP contribution in [0, 0.1) is 0 Å². The van der Waals surface area contributed by atoms with E-state index < -0.39 is 11.9 Å². The predicted molar refractivity (Wildman–Crippen MR) is 179 cm³/mol. The standard InChI is InChI=1S/C33H61NO16/c1-30(2)33(38)50-29-28-49-27-26-48-25-24-47-23-22-46-21-20-45-19-18-44-17-16-43-15-14-42-13-12-41-11-10-40-9-8-39-7-3-6-34-31(35)4-5-32(36)37/h1,3-29H2,2H3,(H,34,35)(H,36,37). The first-order chi connectivity index (χ1) is 24.4. The summed E-state index contributed by atoms with van der Waals surface area (Å²) in [6, 6.07) is 0. The number of hydrogen-bond donors (Lipinski definition) is 2. The molecule has 17 heteroatoms. The summed E-state index contributed by atoms with van der Waals surface area (Å²) in [6.45, 7) is 15.8. The third-order valence-corrected chi connectivity index (χ3v) is 5.88. The molecular formula is C33H61NO16. The van der Waals surface area contributed by atoms with E-state index in [0.717, 1.165) is 0 Å². The Kier molecular flexibility index (Phi) is 37.7. The number of esters is 1. The molecule has 0 heterocycles. The molecule has 1 amide bonds. The Labute approximate surface area is 296 Å². The van der Waals surface area contributed by atoms with Crippen LogP contribution in [0.25, 0.3) is 0 Å². The van der Waals surface area contributed by atoms with Gasteiger partial charge in [-0.3, -0.25) is 9.59 Å². The van der Waals surface area contributed by atoms with Crippen LogP contribution in [-0.4, -0.2) is 181 Å². The zero-order valence-electron chi connectivity index (χ0n) is 29.9. The van der Waals surface area contributed by atoms with E-state index >= 15 is 0 Å². The van der Waals surface area contributed by atoms with Crippen LogP contribution in [0.2, 0.25) is 0 Å². The number of rotatable bonds is 41. The molecule has 0 aromatic carbocycles. The van der Waals surface area contributed by atoms with Gasteiger partial charge in [0.05, 0.1) is 145 Å². The summed E-state index contributed by atoms with van der Waals surface area (Å²) in [4.78, 5) is 33.0. The molecule has 294 valence electrons. The van der Waals surface area contributed by atoms with E-state index in [4.69, 9.17) is 61.9 Å². The molecule has 0 saturated carbocycles. The van der Waals surface area contributed by atoms with Crippen molar-refractivity contribution in [3.8, 4) is 0 Å². The van der Waals surface area contributed by atoms with Crippen LogP contribution in [0.5, 0.6) is 0 Å². The molecule has 17 nitrogen and oxygen atoms in total. The Morgan fingerprint density at radius 2 is 0.740 bits per heavy atom. The van der Waals surface area contributed by atoms with E-state index in [2.05, 4.69) is 11.9 Å². The molecule has 0 spiro atoms. The lowest BCUT2D eigenvalue weighted by Crippen LogP contribution is -2.25. The van der Waals surface area contributed by atoms with Gasteiger partial charge in [-0.15, -0.1) is 0 Å². The molecule has 0 aliphatic rings. The van der Waals surface area contributed by atoms with Crippen LogP contribution < -0.4 is 5.32 Å². The van der Waals surface area contributed by atoms with Gasteiger partial charge < -0.3 is 67.3 Å². The number of nitrogens with one attached hydrogen (secondary N) is 1. The summed E-state index contributed by atoms with van der Waals surface area (Å²) in [6.07, 6.45) is 0.465.